The van der Waals surface area contributed by atoms with Crippen molar-refractivity contribution in [2.75, 3.05) is 19.1 Å². The van der Waals surface area contributed by atoms with Crippen LogP contribution >= 0.6 is 34.2 Å². The van der Waals surface area contributed by atoms with Crippen molar-refractivity contribution in [1.82, 2.24) is 15.0 Å². The molecule has 1 heterocycles. The molecule has 34 heavy (non-hydrogen) atoms. The highest BCUT2D eigenvalue weighted by Crippen LogP contribution is 2.35. The molecule has 0 saturated carbocycles. The van der Waals surface area contributed by atoms with Crippen molar-refractivity contribution in [1.29, 1.82) is 0 Å². The van der Waals surface area contributed by atoms with E-state index in [4.69, 9.17) is 21.1 Å². The zero-order valence-electron chi connectivity index (χ0n) is 19.5. The Kier molecular flexibility index (Phi) is 9.56. The maximum atomic E-state index is 12.6. The van der Waals surface area contributed by atoms with Gasteiger partial charge in [0.25, 0.3) is 0 Å². The standard InChI is InChI=1S/C25H30ClFIN3O3/c1-17(11-26)15-34-24-9-6-19(10-23(24)28)25(2,3)18-4-7-22(8-5-18)33-16-21(32)14-31-13-20(12-27)29-30-31/h4-10,13,17,21,32H,11-12,14-16H2,1-3H3/t17-,21+/m0/s1/i27-1. The maximum Gasteiger partial charge on any atom is 0.135 e. The van der Waals surface area contributed by atoms with Gasteiger partial charge < -0.3 is 14.6 Å². The fraction of sp³-hybridized carbons (Fsp3) is 0.440. The lowest BCUT2D eigenvalue weighted by Gasteiger charge is -2.27. The Morgan fingerprint density at radius 2 is 1.82 bits per heavy atom. The van der Waals surface area contributed by atoms with Crippen molar-refractivity contribution in [3.05, 3.63) is 69.1 Å². The molecular formula is C25H30ClFIN3O3. The predicted octanol–water partition coefficient (Wildman–Crippen LogP) is 5.37. The monoisotopic (exact) mass is 600 g/mol. The first-order valence-electron chi connectivity index (χ1n) is 11.1. The fourth-order valence-electron chi connectivity index (χ4n) is 3.37. The van der Waals surface area contributed by atoms with E-state index in [-0.39, 0.29) is 24.3 Å². The van der Waals surface area contributed by atoms with E-state index in [1.807, 2.05) is 30.3 Å². The Hall–Kier alpha value is -1.91. The average molecular weight is 601 g/mol. The van der Waals surface area contributed by atoms with Crippen LogP contribution in [0.5, 0.6) is 11.5 Å². The minimum Gasteiger partial charge on any atom is -0.492 e. The van der Waals surface area contributed by atoms with Crippen LogP contribution in [-0.4, -0.2) is 45.3 Å². The Balaban J connectivity index is 1.59. The Labute approximate surface area is 218 Å². The molecule has 0 radical (unpaired) electrons. The quantitative estimate of drug-likeness (QED) is 0.224. The van der Waals surface area contributed by atoms with Crippen molar-refractivity contribution in [2.24, 2.45) is 5.92 Å². The molecule has 0 amide bonds. The van der Waals surface area contributed by atoms with E-state index in [0.29, 0.717) is 24.2 Å². The second-order valence-electron chi connectivity index (χ2n) is 8.90. The molecule has 1 aromatic heterocycles. The molecule has 3 aromatic rings. The van der Waals surface area contributed by atoms with Gasteiger partial charge in [-0.15, -0.1) is 16.7 Å². The third-order valence-electron chi connectivity index (χ3n) is 5.58. The first-order chi connectivity index (χ1) is 16.2. The number of aromatic nitrogens is 3. The molecule has 2 aromatic carbocycles. The van der Waals surface area contributed by atoms with Gasteiger partial charge in [0.15, 0.2) is 0 Å². The minimum absolute atomic E-state index is 0.0928. The number of ether oxygens (including phenoxy) is 2. The van der Waals surface area contributed by atoms with Gasteiger partial charge in [-0.1, -0.05) is 44.2 Å². The summed E-state index contributed by atoms with van der Waals surface area (Å²) in [4.78, 5) is 0. The molecule has 0 fully saturated rings. The second-order valence-corrected chi connectivity index (χ2v) is 10.4. The Bertz CT molecular complexity index is 1060. The summed E-state index contributed by atoms with van der Waals surface area (Å²) in [5.41, 5.74) is 2.34. The van der Waals surface area contributed by atoms with Crippen molar-refractivity contribution in [2.45, 2.75) is 45.5 Å². The molecule has 3 rings (SSSR count). The van der Waals surface area contributed by atoms with Gasteiger partial charge in [0, 0.05) is 17.2 Å². The van der Waals surface area contributed by atoms with E-state index in [1.54, 1.807) is 0 Å². The lowest BCUT2D eigenvalue weighted by molar-refractivity contribution is 0.0888. The smallest absolute Gasteiger partial charge is 0.135 e. The first kappa shape index (κ1) is 26.7. The zero-order valence-corrected chi connectivity index (χ0v) is 22.5. The number of rotatable bonds is 12. The molecule has 2 atom stereocenters. The van der Waals surface area contributed by atoms with Crippen LogP contribution in [0.1, 0.15) is 37.6 Å². The summed E-state index contributed by atoms with van der Waals surface area (Å²) < 4.78 is 26.7. The highest BCUT2D eigenvalue weighted by Gasteiger charge is 2.24. The van der Waals surface area contributed by atoms with Gasteiger partial charge in [0.05, 0.1) is 22.9 Å². The molecule has 0 aliphatic rings. The summed E-state index contributed by atoms with van der Waals surface area (Å²) >= 11 is 8.18. The van der Waals surface area contributed by atoms with Gasteiger partial charge in [-0.25, -0.2) is 9.07 Å². The predicted molar refractivity (Wildman–Crippen MR) is 139 cm³/mol. The molecule has 0 aliphatic heterocycles. The Morgan fingerprint density at radius 1 is 1.12 bits per heavy atom. The minimum atomic E-state index is -0.791. The van der Waals surface area contributed by atoms with Crippen LogP contribution in [0, 0.1) is 9.49 Å². The molecule has 6 nitrogen and oxygen atoms in total. The summed E-state index contributed by atoms with van der Waals surface area (Å²) in [6.07, 6.45) is 0.681. The zero-order chi connectivity index (χ0) is 24.7. The van der Waals surface area contributed by atoms with Crippen LogP contribution in [-0.2, 0) is 18.6 Å². The van der Waals surface area contributed by atoms with Crippen LogP contribution < -0.4 is 9.47 Å². The number of aliphatic hydroxyl groups is 1. The van der Waals surface area contributed by atoms with Crippen LogP contribution in [0.3, 0.4) is 0 Å². The van der Waals surface area contributed by atoms with Crippen molar-refractivity contribution in [3.63, 3.8) is 0 Å². The normalized spacial score (nSPS) is 13.5. The van der Waals surface area contributed by atoms with Gasteiger partial charge in [0.1, 0.15) is 36.6 Å². The molecule has 1 N–H and O–H groups in total. The van der Waals surface area contributed by atoms with E-state index in [1.165, 1.54) is 16.4 Å². The number of hydrogen-bond donors (Lipinski definition) is 1. The summed E-state index contributed by atoms with van der Waals surface area (Å²) in [6.45, 7) is 6.61. The third-order valence-corrected chi connectivity index (χ3v) is 6.95. The molecule has 0 aliphatic carbocycles. The van der Waals surface area contributed by atoms with Gasteiger partial charge in [-0.05, 0) is 58.0 Å². The lowest BCUT2D eigenvalue weighted by atomic mass is 9.78. The van der Waals surface area contributed by atoms with Gasteiger partial charge in [-0.3, -0.25) is 0 Å². The van der Waals surface area contributed by atoms with Crippen LogP contribution in [0.4, 0.5) is 4.39 Å². The molecular weight excluding hydrogens is 571 g/mol. The molecule has 0 bridgehead atoms. The molecule has 0 spiro atoms. The highest BCUT2D eigenvalue weighted by molar-refractivity contribution is 14.1. The summed E-state index contributed by atoms with van der Waals surface area (Å²) in [7, 11) is 0. The van der Waals surface area contributed by atoms with Crippen LogP contribution in [0.15, 0.2) is 48.7 Å². The van der Waals surface area contributed by atoms with Gasteiger partial charge in [0.2, 0.25) is 0 Å². The van der Waals surface area contributed by atoms with Gasteiger partial charge in [-0.2, -0.15) is 0 Å². The second kappa shape index (κ2) is 12.2. The van der Waals surface area contributed by atoms with Crippen LogP contribution in [0.25, 0.3) is 0 Å². The fourth-order valence-corrected chi connectivity index (χ4v) is 4.13. The summed E-state index contributed by atoms with van der Waals surface area (Å²) in [5, 5.41) is 17.6. The van der Waals surface area contributed by atoms with Crippen molar-refractivity contribution < 1.29 is 19.0 Å². The van der Waals surface area contributed by atoms with E-state index >= 15 is 0 Å². The number of alkyl halides is 2. The Morgan fingerprint density at radius 3 is 2.44 bits per heavy atom. The number of hydrogen-bond acceptors (Lipinski definition) is 5. The molecule has 9 heteroatoms. The molecule has 0 unspecified atom stereocenters. The first-order valence-corrected chi connectivity index (χ1v) is 12.7. The van der Waals surface area contributed by atoms with Crippen molar-refractivity contribution in [3.8, 4) is 11.5 Å². The van der Waals surface area contributed by atoms with E-state index in [9.17, 15) is 9.50 Å². The van der Waals surface area contributed by atoms with E-state index in [2.05, 4.69) is 65.8 Å². The summed E-state index contributed by atoms with van der Waals surface area (Å²) in [5.74, 6) is 2.40. The lowest BCUT2D eigenvalue weighted by Crippen LogP contribution is -2.24. The number of nitrogens with zero attached hydrogens (tertiary/aromatic N) is 3. The van der Waals surface area contributed by atoms with E-state index in [0.717, 1.165) is 14.9 Å². The average Bonchev–Trinajstić information content (AvgIpc) is 3.29. The van der Waals surface area contributed by atoms with Crippen LogP contribution in [0.2, 0.25) is 0 Å². The molecule has 0 saturated heterocycles. The SMILES string of the molecule is C[C@@H](CCl)COc1ccc(C(C)(C)c2ccc(OC[C@H](O)Cn3cc(C[18F])nn3)cc2)cc1I. The summed E-state index contributed by atoms with van der Waals surface area (Å²) in [6, 6.07) is 14.1. The highest BCUT2D eigenvalue weighted by atomic mass is 127. The molecule has 184 valence electrons. The largest absolute Gasteiger partial charge is 0.492 e. The third kappa shape index (κ3) is 7.05. The number of benzene rings is 2. The van der Waals surface area contributed by atoms with Crippen molar-refractivity contribution >= 4 is 34.2 Å². The topological polar surface area (TPSA) is 69.4 Å². The van der Waals surface area contributed by atoms with Gasteiger partial charge >= 0.3 is 0 Å². The maximum absolute atomic E-state index is 12.6. The number of aliphatic hydroxyl groups excluding tert-OH is 1. The van der Waals surface area contributed by atoms with E-state index < -0.39 is 12.8 Å². The number of halogens is 3.